The molecule has 27 heavy (non-hydrogen) atoms. The first kappa shape index (κ1) is 20.3. The van der Waals surface area contributed by atoms with Crippen LogP contribution in [-0.2, 0) is 9.53 Å². The van der Waals surface area contributed by atoms with Gasteiger partial charge in [0.15, 0.2) is 6.10 Å². The van der Waals surface area contributed by atoms with E-state index >= 15 is 0 Å². The van der Waals surface area contributed by atoms with E-state index in [1.807, 2.05) is 19.9 Å². The van der Waals surface area contributed by atoms with Gasteiger partial charge in [-0.15, -0.1) is 0 Å². The minimum absolute atomic E-state index is 0.257. The number of anilines is 1. The number of hydrogen-bond acceptors (Lipinski definition) is 5. The fraction of sp³-hybridized carbons (Fsp3) is 0.333. The lowest BCUT2D eigenvalue weighted by Crippen LogP contribution is -2.32. The number of carbonyl (C=O) groups is 2. The Morgan fingerprint density at radius 3 is 2.44 bits per heavy atom. The van der Waals surface area contributed by atoms with Crippen LogP contribution in [0.15, 0.2) is 42.5 Å². The molecule has 6 nitrogen and oxygen atoms in total. The summed E-state index contributed by atoms with van der Waals surface area (Å²) in [4.78, 5) is 24.4. The second-order valence-corrected chi connectivity index (χ2v) is 5.93. The zero-order valence-corrected chi connectivity index (χ0v) is 16.1. The van der Waals surface area contributed by atoms with Gasteiger partial charge < -0.3 is 19.5 Å². The summed E-state index contributed by atoms with van der Waals surface area (Å²) >= 11 is 0. The number of hydrogen-bond donors (Lipinski definition) is 1. The van der Waals surface area contributed by atoms with Crippen LogP contribution < -0.4 is 14.8 Å². The highest BCUT2D eigenvalue weighted by Crippen LogP contribution is 2.22. The maximum Gasteiger partial charge on any atom is 0.338 e. The van der Waals surface area contributed by atoms with Crippen molar-refractivity contribution in [3.8, 4) is 11.5 Å². The summed E-state index contributed by atoms with van der Waals surface area (Å²) in [6.45, 7) is 5.77. The Morgan fingerprint density at radius 2 is 1.81 bits per heavy atom. The van der Waals surface area contributed by atoms with E-state index in [0.717, 1.165) is 5.56 Å². The van der Waals surface area contributed by atoms with Crippen molar-refractivity contribution < 1.29 is 23.8 Å². The Bertz CT molecular complexity index is 803. The van der Waals surface area contributed by atoms with E-state index < -0.39 is 6.10 Å². The topological polar surface area (TPSA) is 73.9 Å². The van der Waals surface area contributed by atoms with Crippen molar-refractivity contribution in [1.82, 2.24) is 0 Å². The summed E-state index contributed by atoms with van der Waals surface area (Å²) < 4.78 is 16.0. The molecule has 0 radical (unpaired) electrons. The van der Waals surface area contributed by atoms with Gasteiger partial charge in [-0.2, -0.15) is 0 Å². The summed E-state index contributed by atoms with van der Waals surface area (Å²) in [6, 6.07) is 12.1. The van der Waals surface area contributed by atoms with Gasteiger partial charge >= 0.3 is 5.97 Å². The van der Waals surface area contributed by atoms with Gasteiger partial charge in [-0.05, 0) is 56.2 Å². The summed E-state index contributed by atoms with van der Waals surface area (Å²) in [6.07, 6.45) is -0.149. The molecule has 0 saturated carbocycles. The van der Waals surface area contributed by atoms with Gasteiger partial charge in [0.1, 0.15) is 11.5 Å². The molecule has 0 fully saturated rings. The molecule has 0 aliphatic rings. The van der Waals surface area contributed by atoms with Crippen molar-refractivity contribution in [2.75, 3.05) is 19.0 Å². The zero-order valence-electron chi connectivity index (χ0n) is 16.1. The molecule has 0 bridgehead atoms. The number of aryl methyl sites for hydroxylation is 1. The van der Waals surface area contributed by atoms with Crippen LogP contribution in [0, 0.1) is 6.92 Å². The standard InChI is InChI=1S/C21H25NO5/c1-5-19(27-17-9-7-8-16(13-17)25-4)20(23)22-18-11-10-15(12-14(18)3)21(24)26-6-2/h7-13,19H,5-6H2,1-4H3,(H,22,23). The molecule has 2 aromatic rings. The van der Waals surface area contributed by atoms with Gasteiger partial charge in [-0.25, -0.2) is 4.79 Å². The first-order chi connectivity index (χ1) is 13.0. The van der Waals surface area contributed by atoms with Crippen molar-refractivity contribution in [2.24, 2.45) is 0 Å². The van der Waals surface area contributed by atoms with Crippen LogP contribution in [0.4, 0.5) is 5.69 Å². The number of nitrogens with one attached hydrogen (secondary N) is 1. The third-order valence-electron chi connectivity index (χ3n) is 3.98. The van der Waals surface area contributed by atoms with E-state index in [9.17, 15) is 9.59 Å². The highest BCUT2D eigenvalue weighted by Gasteiger charge is 2.20. The fourth-order valence-electron chi connectivity index (χ4n) is 2.52. The van der Waals surface area contributed by atoms with Gasteiger partial charge in [0.25, 0.3) is 5.91 Å². The van der Waals surface area contributed by atoms with Crippen molar-refractivity contribution in [3.63, 3.8) is 0 Å². The van der Waals surface area contributed by atoms with Crippen LogP contribution in [0.25, 0.3) is 0 Å². The largest absolute Gasteiger partial charge is 0.497 e. The Hall–Kier alpha value is -3.02. The van der Waals surface area contributed by atoms with Gasteiger partial charge in [0.05, 0.1) is 19.3 Å². The van der Waals surface area contributed by atoms with Crippen molar-refractivity contribution >= 4 is 17.6 Å². The fourth-order valence-corrected chi connectivity index (χ4v) is 2.52. The Labute approximate surface area is 159 Å². The molecule has 1 amide bonds. The van der Waals surface area contributed by atoms with Crippen molar-refractivity contribution in [2.45, 2.75) is 33.3 Å². The molecule has 1 atom stereocenters. The molecule has 0 aliphatic carbocycles. The summed E-state index contributed by atoms with van der Waals surface area (Å²) in [5.41, 5.74) is 1.85. The van der Waals surface area contributed by atoms with Gasteiger partial charge in [0, 0.05) is 11.8 Å². The van der Waals surface area contributed by atoms with Crippen molar-refractivity contribution in [1.29, 1.82) is 0 Å². The SMILES string of the molecule is CCOC(=O)c1ccc(NC(=O)C(CC)Oc2cccc(OC)c2)c(C)c1. The number of methoxy groups -OCH3 is 1. The molecule has 0 heterocycles. The molecule has 2 rings (SSSR count). The van der Waals surface area contributed by atoms with E-state index in [2.05, 4.69) is 5.32 Å². The number of esters is 1. The third-order valence-corrected chi connectivity index (χ3v) is 3.98. The maximum absolute atomic E-state index is 12.6. The van der Waals surface area contributed by atoms with Gasteiger partial charge in [-0.3, -0.25) is 4.79 Å². The smallest absolute Gasteiger partial charge is 0.338 e. The van der Waals surface area contributed by atoms with Gasteiger partial charge in [-0.1, -0.05) is 13.0 Å². The number of carbonyl (C=O) groups excluding carboxylic acids is 2. The Kier molecular flexibility index (Phi) is 7.23. The minimum Gasteiger partial charge on any atom is -0.497 e. The lowest BCUT2D eigenvalue weighted by Gasteiger charge is -2.18. The second kappa shape index (κ2) is 9.62. The molecule has 0 aromatic heterocycles. The molecule has 1 N–H and O–H groups in total. The molecule has 6 heteroatoms. The lowest BCUT2D eigenvalue weighted by atomic mass is 10.1. The number of ether oxygens (including phenoxy) is 3. The van der Waals surface area contributed by atoms with Crippen molar-refractivity contribution in [3.05, 3.63) is 53.6 Å². The number of amides is 1. The van der Waals surface area contributed by atoms with Crippen LogP contribution >= 0.6 is 0 Å². The van der Waals surface area contributed by atoms with E-state index in [0.29, 0.717) is 35.8 Å². The summed E-state index contributed by atoms with van der Waals surface area (Å²) in [5.74, 6) is 0.581. The molecular weight excluding hydrogens is 346 g/mol. The maximum atomic E-state index is 12.6. The average molecular weight is 371 g/mol. The van der Waals surface area contributed by atoms with Gasteiger partial charge in [0.2, 0.25) is 0 Å². The Morgan fingerprint density at radius 1 is 1.07 bits per heavy atom. The van der Waals surface area contributed by atoms with E-state index in [1.54, 1.807) is 50.4 Å². The van der Waals surface area contributed by atoms with E-state index in [4.69, 9.17) is 14.2 Å². The highest BCUT2D eigenvalue weighted by molar-refractivity contribution is 5.96. The molecule has 2 aromatic carbocycles. The monoisotopic (exact) mass is 371 g/mol. The van der Waals surface area contributed by atoms with E-state index in [-0.39, 0.29) is 11.9 Å². The molecule has 0 saturated heterocycles. The summed E-state index contributed by atoms with van der Waals surface area (Å²) in [7, 11) is 1.58. The first-order valence-corrected chi connectivity index (χ1v) is 8.87. The van der Waals surface area contributed by atoms with Crippen LogP contribution in [0.5, 0.6) is 11.5 Å². The van der Waals surface area contributed by atoms with Crippen LogP contribution in [0.3, 0.4) is 0 Å². The predicted octanol–water partition coefficient (Wildman–Crippen LogP) is 3.98. The molecule has 0 aliphatic heterocycles. The highest BCUT2D eigenvalue weighted by atomic mass is 16.5. The minimum atomic E-state index is -0.652. The lowest BCUT2D eigenvalue weighted by molar-refractivity contribution is -0.122. The average Bonchev–Trinajstić information content (AvgIpc) is 2.67. The number of benzene rings is 2. The van der Waals surface area contributed by atoms with Crippen LogP contribution in [0.2, 0.25) is 0 Å². The van der Waals surface area contributed by atoms with Crippen LogP contribution in [-0.4, -0.2) is 31.7 Å². The summed E-state index contributed by atoms with van der Waals surface area (Å²) in [5, 5.41) is 2.86. The third kappa shape index (κ3) is 5.48. The first-order valence-electron chi connectivity index (χ1n) is 8.87. The molecule has 144 valence electrons. The zero-order chi connectivity index (χ0) is 19.8. The second-order valence-electron chi connectivity index (χ2n) is 5.93. The van der Waals surface area contributed by atoms with E-state index in [1.165, 1.54) is 0 Å². The predicted molar refractivity (Wildman–Crippen MR) is 103 cm³/mol. The van der Waals surface area contributed by atoms with Crippen LogP contribution in [0.1, 0.15) is 36.2 Å². The number of rotatable bonds is 8. The normalized spacial score (nSPS) is 11.4. The molecular formula is C21H25NO5. The molecule has 0 spiro atoms. The Balaban J connectivity index is 2.08. The quantitative estimate of drug-likeness (QED) is 0.711. The molecule has 1 unspecified atom stereocenters.